The summed E-state index contributed by atoms with van der Waals surface area (Å²) in [6.45, 7) is 1.83. The molecule has 14 heavy (non-hydrogen) atoms. The average Bonchev–Trinajstić information content (AvgIpc) is 2.01. The fourth-order valence-electron chi connectivity index (χ4n) is 1.21. The summed E-state index contributed by atoms with van der Waals surface area (Å²) >= 11 is 11.6. The Hall–Kier alpha value is -0.820. The maximum Gasteiger partial charge on any atom is 0.235 e. The average molecular weight is 230 g/mol. The van der Waals surface area contributed by atoms with Crippen LogP contribution in [0.15, 0.2) is 23.2 Å². The zero-order chi connectivity index (χ0) is 10.6. The van der Waals surface area contributed by atoms with Crippen LogP contribution in [0.3, 0.4) is 0 Å². The van der Waals surface area contributed by atoms with Crippen LogP contribution in [0.1, 0.15) is 12.5 Å². The molecule has 1 aromatic rings. The molecule has 0 spiro atoms. The van der Waals surface area contributed by atoms with Gasteiger partial charge in [-0.05, 0) is 37.1 Å². The second kappa shape index (κ2) is 5.16. The molecule has 1 aromatic carbocycles. The normalized spacial score (nSPS) is 11.9. The van der Waals surface area contributed by atoms with Crippen LogP contribution in [0.2, 0.25) is 10.0 Å². The molecule has 2 nitrogen and oxygen atoms in total. The SMILES string of the molecule is CC(Cc1cc(Cl)cc(Cl)c1)N=C=O. The first-order chi connectivity index (χ1) is 6.61. The van der Waals surface area contributed by atoms with E-state index >= 15 is 0 Å². The Morgan fingerprint density at radius 3 is 2.43 bits per heavy atom. The standard InChI is InChI=1S/C10H9Cl2NO/c1-7(13-6-14)2-8-3-9(11)5-10(12)4-8/h3-5,7H,2H2,1H3. The number of halogens is 2. The van der Waals surface area contributed by atoms with E-state index in [2.05, 4.69) is 4.99 Å². The largest absolute Gasteiger partial charge is 0.235 e. The molecule has 0 saturated carbocycles. The van der Waals surface area contributed by atoms with Crippen molar-refractivity contribution < 1.29 is 4.79 Å². The zero-order valence-electron chi connectivity index (χ0n) is 7.63. The number of isocyanates is 1. The number of hydrogen-bond acceptors (Lipinski definition) is 2. The number of hydrogen-bond donors (Lipinski definition) is 0. The lowest BCUT2D eigenvalue weighted by molar-refractivity contribution is 0.558. The van der Waals surface area contributed by atoms with Gasteiger partial charge in [0.2, 0.25) is 6.08 Å². The Morgan fingerprint density at radius 1 is 1.36 bits per heavy atom. The molecule has 0 N–H and O–H groups in total. The minimum absolute atomic E-state index is 0.0953. The minimum atomic E-state index is -0.0953. The molecular weight excluding hydrogens is 221 g/mol. The number of nitrogens with zero attached hydrogens (tertiary/aromatic N) is 1. The lowest BCUT2D eigenvalue weighted by Gasteiger charge is -2.05. The summed E-state index contributed by atoms with van der Waals surface area (Å²) in [4.78, 5) is 13.6. The van der Waals surface area contributed by atoms with Gasteiger partial charge in [0.15, 0.2) is 0 Å². The van der Waals surface area contributed by atoms with Gasteiger partial charge in [-0.2, -0.15) is 0 Å². The molecule has 0 fully saturated rings. The molecule has 1 rings (SSSR count). The lowest BCUT2D eigenvalue weighted by atomic mass is 10.1. The first-order valence-electron chi connectivity index (χ1n) is 4.14. The highest BCUT2D eigenvalue weighted by Crippen LogP contribution is 2.20. The van der Waals surface area contributed by atoms with E-state index in [1.165, 1.54) is 6.08 Å². The molecule has 0 heterocycles. The summed E-state index contributed by atoms with van der Waals surface area (Å²) in [6.07, 6.45) is 2.16. The minimum Gasteiger partial charge on any atom is -0.211 e. The summed E-state index contributed by atoms with van der Waals surface area (Å²) in [5.74, 6) is 0. The van der Waals surface area contributed by atoms with E-state index in [1.807, 2.05) is 19.1 Å². The number of rotatable bonds is 3. The van der Waals surface area contributed by atoms with Crippen LogP contribution in [0, 0.1) is 0 Å². The maximum atomic E-state index is 10.00. The van der Waals surface area contributed by atoms with Crippen LogP contribution < -0.4 is 0 Å². The summed E-state index contributed by atoms with van der Waals surface area (Å²) < 4.78 is 0. The zero-order valence-corrected chi connectivity index (χ0v) is 9.14. The fraction of sp³-hybridized carbons (Fsp3) is 0.300. The molecule has 0 aliphatic heterocycles. The Kier molecular flexibility index (Phi) is 4.15. The molecule has 4 heteroatoms. The van der Waals surface area contributed by atoms with Gasteiger partial charge >= 0.3 is 0 Å². The van der Waals surface area contributed by atoms with E-state index in [-0.39, 0.29) is 6.04 Å². The number of aliphatic imine (C=N–C) groups is 1. The third-order valence-corrected chi connectivity index (χ3v) is 2.16. The van der Waals surface area contributed by atoms with E-state index in [1.54, 1.807) is 6.07 Å². The van der Waals surface area contributed by atoms with Crippen LogP contribution >= 0.6 is 23.2 Å². The van der Waals surface area contributed by atoms with Gasteiger partial charge in [0, 0.05) is 10.0 Å². The van der Waals surface area contributed by atoms with E-state index in [4.69, 9.17) is 23.2 Å². The first-order valence-corrected chi connectivity index (χ1v) is 4.89. The van der Waals surface area contributed by atoms with E-state index in [0.717, 1.165) is 5.56 Å². The molecule has 0 aliphatic carbocycles. The second-order valence-corrected chi connectivity index (χ2v) is 3.92. The monoisotopic (exact) mass is 229 g/mol. The van der Waals surface area contributed by atoms with E-state index in [9.17, 15) is 4.79 Å². The van der Waals surface area contributed by atoms with Crippen LogP contribution in [0.25, 0.3) is 0 Å². The molecule has 0 bridgehead atoms. The van der Waals surface area contributed by atoms with E-state index in [0.29, 0.717) is 16.5 Å². The van der Waals surface area contributed by atoms with Crippen molar-refractivity contribution in [3.63, 3.8) is 0 Å². The van der Waals surface area contributed by atoms with Crippen molar-refractivity contribution in [1.29, 1.82) is 0 Å². The first kappa shape index (κ1) is 11.3. The van der Waals surface area contributed by atoms with Gasteiger partial charge in [-0.15, -0.1) is 0 Å². The van der Waals surface area contributed by atoms with Crippen molar-refractivity contribution in [3.05, 3.63) is 33.8 Å². The van der Waals surface area contributed by atoms with Crippen LogP contribution in [-0.2, 0) is 11.2 Å². The highest BCUT2D eigenvalue weighted by Gasteiger charge is 2.03. The quantitative estimate of drug-likeness (QED) is 0.578. The maximum absolute atomic E-state index is 10.00. The predicted molar refractivity (Wildman–Crippen MR) is 57.7 cm³/mol. The summed E-state index contributed by atoms with van der Waals surface area (Å²) in [5.41, 5.74) is 0.967. The van der Waals surface area contributed by atoms with Crippen molar-refractivity contribution in [1.82, 2.24) is 0 Å². The van der Waals surface area contributed by atoms with Crippen molar-refractivity contribution in [3.8, 4) is 0 Å². The van der Waals surface area contributed by atoms with Gasteiger partial charge in [0.25, 0.3) is 0 Å². The molecule has 0 amide bonds. The van der Waals surface area contributed by atoms with E-state index < -0.39 is 0 Å². The van der Waals surface area contributed by atoms with Crippen LogP contribution in [0.4, 0.5) is 0 Å². The second-order valence-electron chi connectivity index (χ2n) is 3.05. The van der Waals surface area contributed by atoms with Crippen LogP contribution in [-0.4, -0.2) is 12.1 Å². The molecule has 0 saturated heterocycles. The molecule has 74 valence electrons. The van der Waals surface area contributed by atoms with Gasteiger partial charge in [-0.25, -0.2) is 9.79 Å². The van der Waals surface area contributed by atoms with Crippen molar-refractivity contribution in [2.45, 2.75) is 19.4 Å². The molecule has 0 aliphatic rings. The molecule has 0 aromatic heterocycles. The topological polar surface area (TPSA) is 29.4 Å². The molecule has 0 radical (unpaired) electrons. The number of carbonyl (C=O) groups excluding carboxylic acids is 1. The van der Waals surface area contributed by atoms with Crippen molar-refractivity contribution >= 4 is 29.3 Å². The number of benzene rings is 1. The van der Waals surface area contributed by atoms with Crippen molar-refractivity contribution in [2.24, 2.45) is 4.99 Å². The third kappa shape index (κ3) is 3.51. The lowest BCUT2D eigenvalue weighted by Crippen LogP contribution is -2.02. The summed E-state index contributed by atoms with van der Waals surface area (Å²) in [6, 6.07) is 5.19. The van der Waals surface area contributed by atoms with Crippen molar-refractivity contribution in [2.75, 3.05) is 0 Å². The summed E-state index contributed by atoms with van der Waals surface area (Å²) in [7, 11) is 0. The molecular formula is C10H9Cl2NO. The van der Waals surface area contributed by atoms with Gasteiger partial charge in [0.1, 0.15) is 0 Å². The highest BCUT2D eigenvalue weighted by atomic mass is 35.5. The molecule has 1 unspecified atom stereocenters. The van der Waals surface area contributed by atoms with Gasteiger partial charge in [-0.1, -0.05) is 23.2 Å². The third-order valence-electron chi connectivity index (χ3n) is 1.73. The van der Waals surface area contributed by atoms with Gasteiger partial charge < -0.3 is 0 Å². The molecule has 1 atom stereocenters. The van der Waals surface area contributed by atoms with Gasteiger partial charge in [0.05, 0.1) is 6.04 Å². The predicted octanol–water partition coefficient (Wildman–Crippen LogP) is 3.26. The Bertz CT molecular complexity index is 352. The Labute approximate surface area is 92.6 Å². The van der Waals surface area contributed by atoms with Crippen LogP contribution in [0.5, 0.6) is 0 Å². The smallest absolute Gasteiger partial charge is 0.211 e. The Balaban J connectivity index is 2.81. The highest BCUT2D eigenvalue weighted by molar-refractivity contribution is 6.34. The van der Waals surface area contributed by atoms with Gasteiger partial charge in [-0.3, -0.25) is 0 Å². The Morgan fingerprint density at radius 2 is 1.93 bits per heavy atom. The fourth-order valence-corrected chi connectivity index (χ4v) is 1.78. The summed E-state index contributed by atoms with van der Waals surface area (Å²) in [5, 5.41) is 1.18.